The van der Waals surface area contributed by atoms with Gasteiger partial charge >= 0.3 is 0 Å². The van der Waals surface area contributed by atoms with Crippen LogP contribution in [-0.4, -0.2) is 16.9 Å². The second-order valence-corrected chi connectivity index (χ2v) is 3.91. The van der Waals surface area contributed by atoms with Crippen LogP contribution < -0.4 is 11.1 Å². The number of carbonyl (C=O) groups is 1. The number of nitrogens with zero attached hydrogens (tertiary/aromatic N) is 1. The van der Waals surface area contributed by atoms with Crippen LogP contribution in [0.2, 0.25) is 0 Å². The van der Waals surface area contributed by atoms with Gasteiger partial charge in [0, 0.05) is 12.4 Å². The number of rotatable bonds is 5. The molecule has 88 valence electrons. The molecular weight excluding hydrogens is 202 g/mol. The highest BCUT2D eigenvalue weighted by Crippen LogP contribution is 2.10. The van der Waals surface area contributed by atoms with Gasteiger partial charge in [0.25, 0.3) is 0 Å². The molecule has 0 aliphatic carbocycles. The molecule has 1 aromatic rings. The molecule has 0 aromatic carbocycles. The van der Waals surface area contributed by atoms with Crippen molar-refractivity contribution >= 4 is 5.91 Å². The number of hydrogen-bond donors (Lipinski definition) is 2. The third kappa shape index (κ3) is 3.62. The summed E-state index contributed by atoms with van der Waals surface area (Å²) in [5.41, 5.74) is 6.76. The first-order valence-electron chi connectivity index (χ1n) is 5.61. The Hall–Kier alpha value is -1.42. The number of hydrogen-bond acceptors (Lipinski definition) is 3. The molecule has 1 rings (SSSR count). The molecule has 0 unspecified atom stereocenters. The standard InChI is InChI=1S/C12H19N3O/c1-3-4-11(13)12(16)15-9(2)10-5-7-14-8-6-10/h5-9,11H,3-4,13H2,1-2H3,(H,15,16)/t9-,11+/m0/s1. The molecule has 1 amide bonds. The van der Waals surface area contributed by atoms with E-state index in [0.29, 0.717) is 0 Å². The van der Waals surface area contributed by atoms with E-state index in [2.05, 4.69) is 10.3 Å². The zero-order valence-electron chi connectivity index (χ0n) is 9.81. The second-order valence-electron chi connectivity index (χ2n) is 3.91. The van der Waals surface area contributed by atoms with Gasteiger partial charge in [0.05, 0.1) is 12.1 Å². The number of aromatic nitrogens is 1. The second kappa shape index (κ2) is 6.23. The van der Waals surface area contributed by atoms with Crippen molar-refractivity contribution in [2.24, 2.45) is 5.73 Å². The Labute approximate surface area is 96.3 Å². The first-order valence-corrected chi connectivity index (χ1v) is 5.61. The number of amides is 1. The van der Waals surface area contributed by atoms with Crippen molar-refractivity contribution in [2.75, 3.05) is 0 Å². The molecule has 4 nitrogen and oxygen atoms in total. The van der Waals surface area contributed by atoms with Crippen molar-refractivity contribution < 1.29 is 4.79 Å². The summed E-state index contributed by atoms with van der Waals surface area (Å²) >= 11 is 0. The fourth-order valence-electron chi connectivity index (χ4n) is 1.50. The molecule has 3 N–H and O–H groups in total. The third-order valence-corrected chi connectivity index (χ3v) is 2.50. The highest BCUT2D eigenvalue weighted by atomic mass is 16.2. The summed E-state index contributed by atoms with van der Waals surface area (Å²) in [5.74, 6) is -0.0915. The van der Waals surface area contributed by atoms with Crippen molar-refractivity contribution in [1.82, 2.24) is 10.3 Å². The van der Waals surface area contributed by atoms with E-state index in [0.717, 1.165) is 18.4 Å². The summed E-state index contributed by atoms with van der Waals surface area (Å²) in [6.07, 6.45) is 5.06. The first kappa shape index (κ1) is 12.6. The minimum absolute atomic E-state index is 0.0293. The number of nitrogens with two attached hydrogens (primary N) is 1. The van der Waals surface area contributed by atoms with Crippen LogP contribution in [0.5, 0.6) is 0 Å². The van der Waals surface area contributed by atoms with Gasteiger partial charge in [-0.05, 0) is 31.0 Å². The third-order valence-electron chi connectivity index (χ3n) is 2.50. The Morgan fingerprint density at radius 1 is 1.50 bits per heavy atom. The summed E-state index contributed by atoms with van der Waals surface area (Å²) in [6, 6.07) is 3.33. The van der Waals surface area contributed by atoms with Gasteiger partial charge in [0.15, 0.2) is 0 Å². The Morgan fingerprint density at radius 2 is 2.12 bits per heavy atom. The van der Waals surface area contributed by atoms with Gasteiger partial charge in [-0.25, -0.2) is 0 Å². The van der Waals surface area contributed by atoms with Crippen LogP contribution in [0.25, 0.3) is 0 Å². The van der Waals surface area contributed by atoms with Crippen LogP contribution >= 0.6 is 0 Å². The molecule has 2 atom stereocenters. The predicted molar refractivity (Wildman–Crippen MR) is 63.7 cm³/mol. The molecular formula is C12H19N3O. The van der Waals surface area contributed by atoms with Crippen LogP contribution in [0.4, 0.5) is 0 Å². The summed E-state index contributed by atoms with van der Waals surface area (Å²) in [5, 5.41) is 2.89. The minimum atomic E-state index is -0.408. The monoisotopic (exact) mass is 221 g/mol. The van der Waals surface area contributed by atoms with Gasteiger partial charge in [-0.3, -0.25) is 9.78 Å². The van der Waals surface area contributed by atoms with E-state index in [1.807, 2.05) is 26.0 Å². The lowest BCUT2D eigenvalue weighted by molar-refractivity contribution is -0.123. The molecule has 0 bridgehead atoms. The van der Waals surface area contributed by atoms with Gasteiger partial charge in [-0.2, -0.15) is 0 Å². The maximum absolute atomic E-state index is 11.7. The lowest BCUT2D eigenvalue weighted by Crippen LogP contribution is -2.41. The van der Waals surface area contributed by atoms with Crippen LogP contribution in [0.3, 0.4) is 0 Å². The molecule has 16 heavy (non-hydrogen) atoms. The largest absolute Gasteiger partial charge is 0.348 e. The van der Waals surface area contributed by atoms with Crippen molar-refractivity contribution in [3.8, 4) is 0 Å². The Kier molecular flexibility index (Phi) is 4.92. The summed E-state index contributed by atoms with van der Waals surface area (Å²) in [7, 11) is 0. The molecule has 0 spiro atoms. The number of carbonyl (C=O) groups excluding carboxylic acids is 1. The zero-order chi connectivity index (χ0) is 12.0. The molecule has 1 heterocycles. The Bertz CT molecular complexity index is 326. The molecule has 0 saturated heterocycles. The fourth-order valence-corrected chi connectivity index (χ4v) is 1.50. The predicted octanol–water partition coefficient (Wildman–Crippen LogP) is 1.39. The van der Waals surface area contributed by atoms with E-state index in [1.165, 1.54) is 0 Å². The van der Waals surface area contributed by atoms with E-state index in [1.54, 1.807) is 12.4 Å². The van der Waals surface area contributed by atoms with E-state index >= 15 is 0 Å². The van der Waals surface area contributed by atoms with Crippen molar-refractivity contribution in [3.63, 3.8) is 0 Å². The van der Waals surface area contributed by atoms with Gasteiger partial charge in [0.2, 0.25) is 5.91 Å². The van der Waals surface area contributed by atoms with Crippen molar-refractivity contribution in [1.29, 1.82) is 0 Å². The van der Waals surface area contributed by atoms with Crippen LogP contribution in [0, 0.1) is 0 Å². The smallest absolute Gasteiger partial charge is 0.237 e. The molecule has 0 aliphatic rings. The van der Waals surface area contributed by atoms with E-state index < -0.39 is 6.04 Å². The van der Waals surface area contributed by atoms with Crippen LogP contribution in [0.1, 0.15) is 38.3 Å². The molecule has 0 radical (unpaired) electrons. The van der Waals surface area contributed by atoms with Crippen molar-refractivity contribution in [2.45, 2.75) is 38.8 Å². The van der Waals surface area contributed by atoms with Gasteiger partial charge in [-0.1, -0.05) is 13.3 Å². The van der Waals surface area contributed by atoms with Gasteiger partial charge in [-0.15, -0.1) is 0 Å². The van der Waals surface area contributed by atoms with Gasteiger partial charge < -0.3 is 11.1 Å². The molecule has 1 aromatic heterocycles. The molecule has 0 aliphatic heterocycles. The highest BCUT2D eigenvalue weighted by Gasteiger charge is 2.15. The first-order chi connectivity index (χ1) is 7.65. The normalized spacial score (nSPS) is 14.2. The zero-order valence-corrected chi connectivity index (χ0v) is 9.81. The Morgan fingerprint density at radius 3 is 2.69 bits per heavy atom. The van der Waals surface area contributed by atoms with Crippen LogP contribution in [-0.2, 0) is 4.79 Å². The summed E-state index contributed by atoms with van der Waals surface area (Å²) in [4.78, 5) is 15.6. The maximum atomic E-state index is 11.7. The summed E-state index contributed by atoms with van der Waals surface area (Å²) in [6.45, 7) is 3.95. The van der Waals surface area contributed by atoms with Crippen molar-refractivity contribution in [3.05, 3.63) is 30.1 Å². The van der Waals surface area contributed by atoms with Crippen LogP contribution in [0.15, 0.2) is 24.5 Å². The SMILES string of the molecule is CCC[C@@H](N)C(=O)N[C@@H](C)c1ccncc1. The lowest BCUT2D eigenvalue weighted by Gasteiger charge is -2.17. The topological polar surface area (TPSA) is 68.0 Å². The number of pyridine rings is 1. The number of nitrogens with one attached hydrogen (secondary N) is 1. The quantitative estimate of drug-likeness (QED) is 0.789. The summed E-state index contributed by atoms with van der Waals surface area (Å²) < 4.78 is 0. The van der Waals surface area contributed by atoms with E-state index in [9.17, 15) is 4.79 Å². The highest BCUT2D eigenvalue weighted by molar-refractivity contribution is 5.81. The molecule has 0 saturated carbocycles. The molecule has 0 fully saturated rings. The average molecular weight is 221 g/mol. The lowest BCUT2D eigenvalue weighted by atomic mass is 10.1. The van der Waals surface area contributed by atoms with E-state index in [4.69, 9.17) is 5.73 Å². The van der Waals surface area contributed by atoms with Gasteiger partial charge in [0.1, 0.15) is 0 Å². The maximum Gasteiger partial charge on any atom is 0.237 e. The molecule has 4 heteroatoms. The van der Waals surface area contributed by atoms with E-state index in [-0.39, 0.29) is 11.9 Å². The average Bonchev–Trinajstić information content (AvgIpc) is 2.30. The minimum Gasteiger partial charge on any atom is -0.348 e. The Balaban J connectivity index is 2.51. The fraction of sp³-hybridized carbons (Fsp3) is 0.500.